The van der Waals surface area contributed by atoms with Crippen molar-refractivity contribution in [3.05, 3.63) is 107 Å². The van der Waals surface area contributed by atoms with Gasteiger partial charge in [-0.15, -0.1) is 0 Å². The van der Waals surface area contributed by atoms with Gasteiger partial charge in [-0.05, 0) is 93.6 Å². The molecule has 2 aliphatic rings. The molecule has 0 N–H and O–H groups in total. The van der Waals surface area contributed by atoms with Crippen molar-refractivity contribution in [1.82, 2.24) is 0 Å². The quantitative estimate of drug-likeness (QED) is 0.392. The van der Waals surface area contributed by atoms with Crippen LogP contribution in [0.25, 0.3) is 0 Å². The van der Waals surface area contributed by atoms with Crippen LogP contribution in [0.3, 0.4) is 0 Å². The fraction of sp³-hybridized carbons (Fsp3) is 0.323. The van der Waals surface area contributed by atoms with Crippen molar-refractivity contribution >= 4 is 17.2 Å². The molecular formula is C31H36N2O. The minimum Gasteiger partial charge on any atom is -0.365 e. The molecule has 2 aromatic rings. The fourth-order valence-corrected chi connectivity index (χ4v) is 5.02. The first-order chi connectivity index (χ1) is 16.5. The van der Waals surface area contributed by atoms with Crippen molar-refractivity contribution in [2.75, 3.05) is 22.9 Å². The van der Waals surface area contributed by atoms with Crippen LogP contribution in [0.1, 0.15) is 56.5 Å². The molecule has 0 saturated carbocycles. The number of nitrogens with zero attached hydrogens (tertiary/aromatic N) is 2. The molecule has 4 rings (SSSR count). The normalized spacial score (nSPS) is 19.4. The first kappa shape index (κ1) is 23.8. The Morgan fingerprint density at radius 3 is 1.97 bits per heavy atom. The summed E-state index contributed by atoms with van der Waals surface area (Å²) >= 11 is 0. The SMILES string of the molecule is CCN(C1=CCCC=C1C)c1ccc(C(=O)c2ccc(N(CC)C3C=CC=CC3C)cc2)cc1. The first-order valence-corrected chi connectivity index (χ1v) is 12.5. The number of rotatable bonds is 8. The first-order valence-electron chi connectivity index (χ1n) is 12.5. The van der Waals surface area contributed by atoms with Crippen LogP contribution in [-0.2, 0) is 0 Å². The number of allylic oxidation sites excluding steroid dienone is 5. The highest BCUT2D eigenvalue weighted by atomic mass is 16.1. The van der Waals surface area contributed by atoms with Gasteiger partial charge in [-0.3, -0.25) is 4.79 Å². The average Bonchev–Trinajstić information content (AvgIpc) is 2.87. The van der Waals surface area contributed by atoms with Gasteiger partial charge in [0.25, 0.3) is 0 Å². The Labute approximate surface area is 204 Å². The summed E-state index contributed by atoms with van der Waals surface area (Å²) in [6, 6.07) is 16.4. The summed E-state index contributed by atoms with van der Waals surface area (Å²) in [5.74, 6) is 0.516. The predicted molar refractivity (Wildman–Crippen MR) is 145 cm³/mol. The van der Waals surface area contributed by atoms with Gasteiger partial charge >= 0.3 is 0 Å². The van der Waals surface area contributed by atoms with Crippen LogP contribution in [0, 0.1) is 5.92 Å². The number of hydrogen-bond acceptors (Lipinski definition) is 3. The second-order valence-corrected chi connectivity index (χ2v) is 9.13. The fourth-order valence-electron chi connectivity index (χ4n) is 5.02. The number of anilines is 2. The van der Waals surface area contributed by atoms with Crippen LogP contribution in [0.5, 0.6) is 0 Å². The lowest BCUT2D eigenvalue weighted by Crippen LogP contribution is -2.38. The molecule has 0 spiro atoms. The van der Waals surface area contributed by atoms with Crippen molar-refractivity contribution in [3.8, 4) is 0 Å². The smallest absolute Gasteiger partial charge is 0.193 e. The number of carbonyl (C=O) groups is 1. The van der Waals surface area contributed by atoms with Crippen LogP contribution in [0.2, 0.25) is 0 Å². The molecule has 0 amide bonds. The van der Waals surface area contributed by atoms with Crippen LogP contribution < -0.4 is 9.80 Å². The van der Waals surface area contributed by atoms with Gasteiger partial charge in [0, 0.05) is 41.3 Å². The molecule has 2 atom stereocenters. The molecule has 0 heterocycles. The summed E-state index contributed by atoms with van der Waals surface area (Å²) < 4.78 is 0. The van der Waals surface area contributed by atoms with Gasteiger partial charge in [0.05, 0.1) is 6.04 Å². The van der Waals surface area contributed by atoms with Gasteiger partial charge < -0.3 is 9.80 Å². The van der Waals surface area contributed by atoms with Gasteiger partial charge in [-0.25, -0.2) is 0 Å². The number of ketones is 1. The number of hydrogen-bond donors (Lipinski definition) is 0. The molecule has 2 unspecified atom stereocenters. The van der Waals surface area contributed by atoms with E-state index in [0.717, 1.165) is 48.4 Å². The Hall–Kier alpha value is -3.33. The average molecular weight is 453 g/mol. The molecule has 0 saturated heterocycles. The zero-order valence-electron chi connectivity index (χ0n) is 20.9. The number of benzene rings is 2. The molecule has 0 fully saturated rings. The Morgan fingerprint density at radius 2 is 1.41 bits per heavy atom. The van der Waals surface area contributed by atoms with Crippen LogP contribution in [0.4, 0.5) is 11.4 Å². The molecule has 0 radical (unpaired) electrons. The zero-order valence-corrected chi connectivity index (χ0v) is 20.9. The monoisotopic (exact) mass is 452 g/mol. The molecule has 3 nitrogen and oxygen atoms in total. The largest absolute Gasteiger partial charge is 0.365 e. The second kappa shape index (κ2) is 10.7. The maximum Gasteiger partial charge on any atom is 0.193 e. The molecule has 2 aromatic carbocycles. The molecule has 34 heavy (non-hydrogen) atoms. The number of likely N-dealkylation sites (N-methyl/N-ethyl adjacent to an activating group) is 2. The topological polar surface area (TPSA) is 23.6 Å². The molecule has 0 bridgehead atoms. The summed E-state index contributed by atoms with van der Waals surface area (Å²) in [6.45, 7) is 10.6. The molecule has 3 heteroatoms. The van der Waals surface area contributed by atoms with E-state index in [9.17, 15) is 4.79 Å². The molecule has 176 valence electrons. The molecule has 0 aliphatic heterocycles. The highest BCUT2D eigenvalue weighted by Gasteiger charge is 2.22. The summed E-state index contributed by atoms with van der Waals surface area (Å²) in [7, 11) is 0. The Morgan fingerprint density at radius 1 is 0.824 bits per heavy atom. The van der Waals surface area contributed by atoms with Crippen molar-refractivity contribution < 1.29 is 4.79 Å². The van der Waals surface area contributed by atoms with E-state index in [0.29, 0.717) is 12.0 Å². The maximum atomic E-state index is 13.2. The van der Waals surface area contributed by atoms with E-state index in [4.69, 9.17) is 0 Å². The van der Waals surface area contributed by atoms with E-state index in [2.05, 4.69) is 98.2 Å². The second-order valence-electron chi connectivity index (χ2n) is 9.13. The zero-order chi connectivity index (χ0) is 24.1. The Bertz CT molecular complexity index is 1120. The van der Waals surface area contributed by atoms with Crippen molar-refractivity contribution in [3.63, 3.8) is 0 Å². The van der Waals surface area contributed by atoms with Crippen molar-refractivity contribution in [2.45, 2.75) is 46.6 Å². The van der Waals surface area contributed by atoms with Gasteiger partial charge in [0.1, 0.15) is 0 Å². The maximum absolute atomic E-state index is 13.2. The molecule has 0 aromatic heterocycles. The predicted octanol–water partition coefficient (Wildman–Crippen LogP) is 7.32. The van der Waals surface area contributed by atoms with Crippen LogP contribution in [-0.4, -0.2) is 24.9 Å². The van der Waals surface area contributed by atoms with Crippen LogP contribution in [0.15, 0.2) is 96.3 Å². The van der Waals surface area contributed by atoms with E-state index in [1.807, 2.05) is 24.3 Å². The summed E-state index contributed by atoms with van der Waals surface area (Å²) in [5.41, 5.74) is 6.32. The lowest BCUT2D eigenvalue weighted by atomic mass is 9.95. The van der Waals surface area contributed by atoms with Gasteiger partial charge in [0.15, 0.2) is 5.78 Å². The molecular weight excluding hydrogens is 416 g/mol. The third kappa shape index (κ3) is 4.94. The third-order valence-electron chi connectivity index (χ3n) is 6.94. The molecule has 2 aliphatic carbocycles. The van der Waals surface area contributed by atoms with E-state index < -0.39 is 0 Å². The van der Waals surface area contributed by atoms with Gasteiger partial charge in [0.2, 0.25) is 0 Å². The van der Waals surface area contributed by atoms with E-state index in [1.165, 1.54) is 11.3 Å². The Balaban J connectivity index is 1.50. The standard InChI is InChI=1S/C31H36N2O/c1-5-32(29-13-9-7-11-23(29)3)27-19-15-25(16-20-27)31(34)26-17-21-28(22-18-26)33(6-2)30-14-10-8-12-24(30)4/h7,9,11-23,29H,5-6,8,10H2,1-4H3. The minimum atomic E-state index is 0.0611. The lowest BCUT2D eigenvalue weighted by molar-refractivity contribution is 0.103. The highest BCUT2D eigenvalue weighted by Crippen LogP contribution is 2.29. The third-order valence-corrected chi connectivity index (χ3v) is 6.94. The summed E-state index contributed by atoms with van der Waals surface area (Å²) in [5, 5.41) is 0. The van der Waals surface area contributed by atoms with Crippen molar-refractivity contribution in [2.24, 2.45) is 5.92 Å². The van der Waals surface area contributed by atoms with Crippen molar-refractivity contribution in [1.29, 1.82) is 0 Å². The Kier molecular flexibility index (Phi) is 7.52. The van der Waals surface area contributed by atoms with E-state index in [1.54, 1.807) is 0 Å². The van der Waals surface area contributed by atoms with E-state index in [-0.39, 0.29) is 5.78 Å². The lowest BCUT2D eigenvalue weighted by Gasteiger charge is -2.35. The minimum absolute atomic E-state index is 0.0611. The summed E-state index contributed by atoms with van der Waals surface area (Å²) in [6.07, 6.45) is 15.6. The van der Waals surface area contributed by atoms with E-state index >= 15 is 0 Å². The highest BCUT2D eigenvalue weighted by molar-refractivity contribution is 6.09. The van der Waals surface area contributed by atoms with Crippen LogP contribution >= 0.6 is 0 Å². The van der Waals surface area contributed by atoms with Gasteiger partial charge in [-0.2, -0.15) is 0 Å². The summed E-state index contributed by atoms with van der Waals surface area (Å²) in [4.78, 5) is 17.9. The van der Waals surface area contributed by atoms with Gasteiger partial charge in [-0.1, -0.05) is 43.4 Å². The number of carbonyl (C=O) groups excluding carboxylic acids is 1.